The summed E-state index contributed by atoms with van der Waals surface area (Å²) in [6.45, 7) is 16.4. The lowest BCUT2D eigenvalue weighted by atomic mass is 9.95. The Morgan fingerprint density at radius 2 is 1.62 bits per heavy atom. The first-order chi connectivity index (χ1) is 16.1. The molecule has 0 aliphatic heterocycles. The largest absolute Gasteiger partial charge is 0.455 e. The van der Waals surface area contributed by atoms with E-state index in [9.17, 15) is 0 Å². The molecule has 2 heterocycles. The van der Waals surface area contributed by atoms with Crippen LogP contribution in [0.4, 0.5) is 0 Å². The third-order valence-corrected chi connectivity index (χ3v) is 9.28. The zero-order valence-corrected chi connectivity index (χ0v) is 22.8. The quantitative estimate of drug-likeness (QED) is 0.197. The number of hydrogen-bond donors (Lipinski definition) is 0. The van der Waals surface area contributed by atoms with Gasteiger partial charge in [0.2, 0.25) is 11.2 Å². The summed E-state index contributed by atoms with van der Waals surface area (Å²) in [6, 6.07) is 20.3. The highest BCUT2D eigenvalue weighted by Gasteiger charge is 2.29. The fourth-order valence-corrected chi connectivity index (χ4v) is 6.96. The van der Waals surface area contributed by atoms with Crippen molar-refractivity contribution in [2.45, 2.75) is 53.8 Å². The van der Waals surface area contributed by atoms with Crippen LogP contribution in [0.25, 0.3) is 44.1 Å². The first-order valence-corrected chi connectivity index (χ1v) is 15.9. The highest BCUT2D eigenvalue weighted by molar-refractivity contribution is 6.90. The Morgan fingerprint density at radius 3 is 2.32 bits per heavy atom. The van der Waals surface area contributed by atoms with E-state index in [-0.39, 0.29) is 0 Å². The molecule has 0 unspecified atom stereocenters. The molecule has 34 heavy (non-hydrogen) atoms. The summed E-state index contributed by atoms with van der Waals surface area (Å²) >= 11 is 0. The topological polar surface area (TPSA) is 17.0 Å². The number of para-hydroxylation sites is 1. The van der Waals surface area contributed by atoms with Gasteiger partial charge >= 0.3 is 0 Å². The summed E-state index contributed by atoms with van der Waals surface area (Å²) in [4.78, 5) is 0. The number of fused-ring (bicyclic) bond motifs is 4. The van der Waals surface area contributed by atoms with E-state index in [1.165, 1.54) is 54.8 Å². The van der Waals surface area contributed by atoms with Gasteiger partial charge in [-0.15, -0.1) is 0 Å². The van der Waals surface area contributed by atoms with Gasteiger partial charge in [0.1, 0.15) is 18.2 Å². The molecule has 3 heteroatoms. The summed E-state index contributed by atoms with van der Waals surface area (Å²) in [7, 11) is 0.590. The lowest BCUT2D eigenvalue weighted by molar-refractivity contribution is -0.633. The summed E-state index contributed by atoms with van der Waals surface area (Å²) in [5.74, 6) is 0.650. The number of benzene rings is 3. The van der Waals surface area contributed by atoms with Gasteiger partial charge in [-0.2, -0.15) is 4.57 Å². The maximum absolute atomic E-state index is 6.53. The van der Waals surface area contributed by atoms with E-state index in [0.29, 0.717) is 5.92 Å². The Balaban J connectivity index is 1.90. The van der Waals surface area contributed by atoms with Gasteiger partial charge in [-0.25, -0.2) is 0 Å². The number of hydrogen-bond acceptors (Lipinski definition) is 1. The van der Waals surface area contributed by atoms with Crippen LogP contribution in [0.1, 0.15) is 30.5 Å². The minimum absolute atomic E-state index is 0.650. The van der Waals surface area contributed by atoms with Crippen molar-refractivity contribution in [2.24, 2.45) is 13.0 Å². The molecule has 0 aliphatic carbocycles. The van der Waals surface area contributed by atoms with Crippen LogP contribution in [0.15, 0.2) is 59.0 Å². The lowest BCUT2D eigenvalue weighted by Gasteiger charge is -2.21. The number of rotatable bonds is 4. The minimum atomic E-state index is -1.62. The summed E-state index contributed by atoms with van der Waals surface area (Å²) in [5.41, 5.74) is 9.74. The highest BCUT2D eigenvalue weighted by atomic mass is 28.3. The van der Waals surface area contributed by atoms with E-state index in [0.717, 1.165) is 17.6 Å². The van der Waals surface area contributed by atoms with Crippen molar-refractivity contribution in [1.82, 2.24) is 0 Å². The smallest absolute Gasteiger partial charge is 0.216 e. The van der Waals surface area contributed by atoms with E-state index < -0.39 is 8.07 Å². The van der Waals surface area contributed by atoms with E-state index in [4.69, 9.17) is 4.42 Å². The number of nitrogens with zero attached hydrogens (tertiary/aromatic N) is 1. The molecule has 2 nitrogen and oxygen atoms in total. The van der Waals surface area contributed by atoms with Crippen LogP contribution in [0.3, 0.4) is 0 Å². The van der Waals surface area contributed by atoms with Crippen molar-refractivity contribution in [1.29, 1.82) is 0 Å². The van der Waals surface area contributed by atoms with Gasteiger partial charge in [0.15, 0.2) is 0 Å². The molecule has 0 amide bonds. The van der Waals surface area contributed by atoms with E-state index >= 15 is 0 Å². The van der Waals surface area contributed by atoms with Gasteiger partial charge in [-0.1, -0.05) is 57.8 Å². The minimum Gasteiger partial charge on any atom is -0.455 e. The highest BCUT2D eigenvalue weighted by Crippen LogP contribution is 2.38. The molecule has 0 atom stereocenters. The monoisotopic (exact) mass is 466 g/mol. The first-order valence-electron chi connectivity index (χ1n) is 12.4. The molecule has 0 radical (unpaired) electrons. The molecule has 5 aromatic rings. The van der Waals surface area contributed by atoms with Gasteiger partial charge in [0, 0.05) is 28.3 Å². The van der Waals surface area contributed by atoms with E-state index in [2.05, 4.69) is 114 Å². The van der Waals surface area contributed by atoms with E-state index in [1.807, 2.05) is 0 Å². The van der Waals surface area contributed by atoms with Gasteiger partial charge in [-0.05, 0) is 66.3 Å². The number of aryl methyl sites for hydroxylation is 2. The normalized spacial score (nSPS) is 12.5. The standard InChI is InChI=1S/C31H36NOSi/c1-19(2)15-22-13-14-26-25(17-22)29(34(6,7)8)18-27(32(26)5)30-21(4)20(3)16-24-23-11-9-10-12-28(23)33-31(24)30/h9-14,16-19H,15H2,1-8H3/q+1. The third-order valence-electron chi connectivity index (χ3n) is 7.25. The molecule has 2 aromatic heterocycles. The maximum atomic E-state index is 6.53. The van der Waals surface area contributed by atoms with Crippen molar-refractivity contribution in [2.75, 3.05) is 0 Å². The predicted molar refractivity (Wildman–Crippen MR) is 149 cm³/mol. The molecular formula is C31H36NOSi+. The van der Waals surface area contributed by atoms with Crippen LogP contribution >= 0.6 is 0 Å². The van der Waals surface area contributed by atoms with Crippen LogP contribution in [-0.4, -0.2) is 8.07 Å². The number of furan rings is 1. The molecule has 0 bridgehead atoms. The molecule has 3 aromatic carbocycles. The van der Waals surface area contributed by atoms with Crippen LogP contribution in [-0.2, 0) is 13.5 Å². The van der Waals surface area contributed by atoms with Crippen LogP contribution in [0.2, 0.25) is 19.6 Å². The fraction of sp³-hybridized carbons (Fsp3) is 0.323. The Bertz CT molecular complexity index is 1570. The summed E-state index contributed by atoms with van der Waals surface area (Å²) in [6.07, 6.45) is 1.11. The average Bonchev–Trinajstić information content (AvgIpc) is 3.12. The van der Waals surface area contributed by atoms with Crippen molar-refractivity contribution >= 4 is 46.1 Å². The molecule has 0 spiro atoms. The zero-order valence-electron chi connectivity index (χ0n) is 21.8. The van der Waals surface area contributed by atoms with Crippen LogP contribution < -0.4 is 9.75 Å². The van der Waals surface area contributed by atoms with Gasteiger partial charge in [0.25, 0.3) is 0 Å². The van der Waals surface area contributed by atoms with Crippen molar-refractivity contribution in [3.8, 4) is 11.3 Å². The first kappa shape index (κ1) is 22.9. The molecular weight excluding hydrogens is 430 g/mol. The summed E-state index contributed by atoms with van der Waals surface area (Å²) < 4.78 is 8.91. The van der Waals surface area contributed by atoms with Crippen molar-refractivity contribution in [3.05, 3.63) is 71.3 Å². The Hall–Kier alpha value is -2.91. The van der Waals surface area contributed by atoms with Gasteiger partial charge in [0.05, 0.1) is 13.6 Å². The molecule has 174 valence electrons. The second kappa shape index (κ2) is 8.09. The Labute approximate surface area is 204 Å². The molecule has 0 aliphatic rings. The molecule has 0 saturated carbocycles. The second-order valence-corrected chi connectivity index (χ2v) is 16.4. The predicted octanol–water partition coefficient (Wildman–Crippen LogP) is 7.59. The van der Waals surface area contributed by atoms with Crippen molar-refractivity contribution in [3.63, 3.8) is 0 Å². The van der Waals surface area contributed by atoms with Crippen LogP contribution in [0, 0.1) is 19.8 Å². The third kappa shape index (κ3) is 3.67. The van der Waals surface area contributed by atoms with Crippen molar-refractivity contribution < 1.29 is 8.98 Å². The maximum Gasteiger partial charge on any atom is 0.216 e. The Morgan fingerprint density at radius 1 is 0.882 bits per heavy atom. The number of aromatic nitrogens is 1. The van der Waals surface area contributed by atoms with E-state index in [1.54, 1.807) is 0 Å². The lowest BCUT2D eigenvalue weighted by Crippen LogP contribution is -2.43. The van der Waals surface area contributed by atoms with Crippen LogP contribution in [0.5, 0.6) is 0 Å². The zero-order chi connectivity index (χ0) is 24.4. The molecule has 0 saturated heterocycles. The average molecular weight is 467 g/mol. The van der Waals surface area contributed by atoms with Gasteiger partial charge < -0.3 is 4.42 Å². The summed E-state index contributed by atoms with van der Waals surface area (Å²) in [5, 5.41) is 5.32. The van der Waals surface area contributed by atoms with Gasteiger partial charge in [-0.3, -0.25) is 0 Å². The molecule has 0 N–H and O–H groups in total. The second-order valence-electron chi connectivity index (χ2n) is 11.4. The molecule has 5 rings (SSSR count). The molecule has 0 fully saturated rings. The SMILES string of the molecule is Cc1cc2c(oc3ccccc32)c(-c2cc([Si](C)(C)C)c3cc(CC(C)C)ccc3[n+]2C)c1C. The number of pyridine rings is 1. The fourth-order valence-electron chi connectivity index (χ4n) is 5.39. The Kier molecular flexibility index (Phi) is 5.44.